The topological polar surface area (TPSA) is 40.5 Å². The van der Waals surface area contributed by atoms with Gasteiger partial charge in [0.05, 0.1) is 5.92 Å². The molecule has 154 valence electrons. The fourth-order valence-electron chi connectivity index (χ4n) is 2.61. The molecule has 0 radical (unpaired) electrons. The van der Waals surface area contributed by atoms with Crippen molar-refractivity contribution in [1.29, 1.82) is 0 Å². The van der Waals surface area contributed by atoms with E-state index in [1.165, 1.54) is 0 Å². The van der Waals surface area contributed by atoms with Crippen molar-refractivity contribution in [3.8, 4) is 11.5 Å². The molecule has 0 aliphatic carbocycles. The van der Waals surface area contributed by atoms with Crippen LogP contribution in [0.15, 0.2) is 48.5 Å². The number of hydrogen-bond acceptors (Lipinski definition) is 2. The van der Waals surface area contributed by atoms with E-state index in [1.54, 1.807) is 0 Å². The molecule has 2 rings (SSSR count). The first-order valence-corrected chi connectivity index (χ1v) is 7.72. The van der Waals surface area contributed by atoms with Gasteiger partial charge in [0.1, 0.15) is 11.5 Å². The largest absolute Gasteiger partial charge is 0.508 e. The molecule has 0 bridgehead atoms. The molecule has 0 aliphatic rings. The minimum absolute atomic E-state index is 0.422. The van der Waals surface area contributed by atoms with Gasteiger partial charge in [0.15, 0.2) is 0 Å². The summed E-state index contributed by atoms with van der Waals surface area (Å²) >= 11 is 0. The van der Waals surface area contributed by atoms with Gasteiger partial charge in [-0.05, 0) is 35.4 Å². The Hall–Kier alpha value is -2.52. The van der Waals surface area contributed by atoms with Gasteiger partial charge in [0, 0.05) is 6.92 Å². The molecule has 0 saturated carbocycles. The summed E-state index contributed by atoms with van der Waals surface area (Å²) < 4.78 is 111. The van der Waals surface area contributed by atoms with Crippen LogP contribution in [0.1, 0.15) is 24.0 Å². The highest BCUT2D eigenvalue weighted by Gasteiger charge is 2.80. The van der Waals surface area contributed by atoms with Crippen molar-refractivity contribution in [2.24, 2.45) is 0 Å². The Morgan fingerprint density at radius 3 is 1.21 bits per heavy atom. The van der Waals surface area contributed by atoms with E-state index in [4.69, 9.17) is 0 Å². The van der Waals surface area contributed by atoms with E-state index in [2.05, 4.69) is 0 Å². The Morgan fingerprint density at radius 1 is 0.607 bits per heavy atom. The first-order chi connectivity index (χ1) is 12.6. The molecule has 0 saturated heterocycles. The van der Waals surface area contributed by atoms with E-state index in [0.717, 1.165) is 48.5 Å². The zero-order valence-corrected chi connectivity index (χ0v) is 14.1. The van der Waals surface area contributed by atoms with Gasteiger partial charge < -0.3 is 10.2 Å². The summed E-state index contributed by atoms with van der Waals surface area (Å²) in [5.41, 5.74) is -1.27. The van der Waals surface area contributed by atoms with Gasteiger partial charge in [-0.2, -0.15) is 35.1 Å². The number of alkyl halides is 8. The fourth-order valence-corrected chi connectivity index (χ4v) is 2.61. The van der Waals surface area contributed by atoms with Crippen LogP contribution in [0, 0.1) is 0 Å². The summed E-state index contributed by atoms with van der Waals surface area (Å²) in [6.45, 7) is -0.576. The molecular formula is C18H14F8O2. The van der Waals surface area contributed by atoms with E-state index < -0.39 is 59.2 Å². The van der Waals surface area contributed by atoms with Crippen LogP contribution in [-0.2, 0) is 0 Å². The number of benzene rings is 2. The Bertz CT molecular complexity index is 765. The summed E-state index contributed by atoms with van der Waals surface area (Å²) in [6.07, 6.45) is 0. The number of aromatic hydroxyl groups is 2. The van der Waals surface area contributed by atoms with Crippen molar-refractivity contribution in [1.82, 2.24) is 0 Å². The first kappa shape index (κ1) is 21.8. The van der Waals surface area contributed by atoms with Gasteiger partial charge in [-0.1, -0.05) is 24.3 Å². The average molecular weight is 414 g/mol. The molecule has 0 aromatic heterocycles. The second kappa shape index (κ2) is 6.82. The molecule has 10 heteroatoms. The Balaban J connectivity index is 2.70. The maximum atomic E-state index is 14.8. The highest BCUT2D eigenvalue weighted by Crippen LogP contribution is 2.57. The summed E-state index contributed by atoms with van der Waals surface area (Å²) in [5.74, 6) is -27.5. The SMILES string of the molecule is CC(F)(F)C(F)(F)C(F)(F)C(F)(F)C(c1ccc(O)cc1)c1ccc(O)cc1. The lowest BCUT2D eigenvalue weighted by atomic mass is 9.80. The molecule has 28 heavy (non-hydrogen) atoms. The van der Waals surface area contributed by atoms with Crippen molar-refractivity contribution in [2.75, 3.05) is 0 Å². The highest BCUT2D eigenvalue weighted by atomic mass is 19.4. The Morgan fingerprint density at radius 2 is 0.929 bits per heavy atom. The first-order valence-electron chi connectivity index (χ1n) is 7.72. The number of hydrogen-bond donors (Lipinski definition) is 2. The lowest BCUT2D eigenvalue weighted by Crippen LogP contribution is -2.63. The summed E-state index contributed by atoms with van der Waals surface area (Å²) in [4.78, 5) is 0. The van der Waals surface area contributed by atoms with Crippen LogP contribution in [0.5, 0.6) is 11.5 Å². The Kier molecular flexibility index (Phi) is 5.31. The fraction of sp³-hybridized carbons (Fsp3) is 0.333. The standard InChI is InChI=1S/C18H14F8O2/c1-15(19,20)17(23,24)18(25,26)16(21,22)14(10-2-6-12(27)7-3-10)11-4-8-13(28)9-5-11/h2-9,14,27-28H,1H3. The van der Waals surface area contributed by atoms with Crippen LogP contribution in [0.3, 0.4) is 0 Å². The van der Waals surface area contributed by atoms with Gasteiger partial charge in [0.2, 0.25) is 0 Å². The summed E-state index contributed by atoms with van der Waals surface area (Å²) in [6, 6.07) is 6.51. The van der Waals surface area contributed by atoms with Crippen molar-refractivity contribution in [3.63, 3.8) is 0 Å². The second-order valence-corrected chi connectivity index (χ2v) is 6.28. The minimum atomic E-state index is -6.45. The molecule has 0 atom stereocenters. The third kappa shape index (κ3) is 3.47. The van der Waals surface area contributed by atoms with E-state index in [0.29, 0.717) is 0 Å². The van der Waals surface area contributed by atoms with Gasteiger partial charge >= 0.3 is 23.7 Å². The molecule has 0 spiro atoms. The quantitative estimate of drug-likeness (QED) is 0.588. The molecule has 0 heterocycles. The van der Waals surface area contributed by atoms with Crippen molar-refractivity contribution < 1.29 is 45.3 Å². The van der Waals surface area contributed by atoms with E-state index in [1.807, 2.05) is 0 Å². The molecule has 0 aliphatic heterocycles. The Labute approximate surface area is 154 Å². The second-order valence-electron chi connectivity index (χ2n) is 6.28. The van der Waals surface area contributed by atoms with Crippen LogP contribution in [0.25, 0.3) is 0 Å². The molecule has 2 N–H and O–H groups in total. The average Bonchev–Trinajstić information content (AvgIpc) is 2.57. The smallest absolute Gasteiger partial charge is 0.379 e. The number of halogens is 8. The van der Waals surface area contributed by atoms with Crippen molar-refractivity contribution >= 4 is 0 Å². The predicted molar refractivity (Wildman–Crippen MR) is 83.5 cm³/mol. The van der Waals surface area contributed by atoms with Crippen LogP contribution >= 0.6 is 0 Å². The van der Waals surface area contributed by atoms with E-state index >= 15 is 0 Å². The van der Waals surface area contributed by atoms with Gasteiger partial charge in [-0.25, -0.2) is 0 Å². The third-order valence-corrected chi connectivity index (χ3v) is 4.18. The lowest BCUT2D eigenvalue weighted by molar-refractivity contribution is -0.364. The van der Waals surface area contributed by atoms with Crippen LogP contribution in [0.2, 0.25) is 0 Å². The molecule has 0 unspecified atom stereocenters. The van der Waals surface area contributed by atoms with Gasteiger partial charge in [0.25, 0.3) is 0 Å². The predicted octanol–water partition coefficient (Wildman–Crippen LogP) is 5.79. The highest BCUT2D eigenvalue weighted by molar-refractivity contribution is 5.40. The van der Waals surface area contributed by atoms with Crippen LogP contribution < -0.4 is 0 Å². The van der Waals surface area contributed by atoms with Crippen LogP contribution in [-0.4, -0.2) is 33.9 Å². The molecule has 2 nitrogen and oxygen atoms in total. The monoisotopic (exact) mass is 414 g/mol. The summed E-state index contributed by atoms with van der Waals surface area (Å²) in [7, 11) is 0. The number of rotatable bonds is 6. The lowest BCUT2D eigenvalue weighted by Gasteiger charge is -2.39. The van der Waals surface area contributed by atoms with Gasteiger partial charge in [-0.15, -0.1) is 0 Å². The normalized spacial score (nSPS) is 13.8. The molecular weight excluding hydrogens is 400 g/mol. The maximum absolute atomic E-state index is 14.8. The third-order valence-electron chi connectivity index (χ3n) is 4.18. The van der Waals surface area contributed by atoms with E-state index in [9.17, 15) is 45.3 Å². The van der Waals surface area contributed by atoms with Crippen molar-refractivity contribution in [2.45, 2.75) is 36.5 Å². The number of phenols is 2. The van der Waals surface area contributed by atoms with Crippen molar-refractivity contribution in [3.05, 3.63) is 59.7 Å². The zero-order valence-electron chi connectivity index (χ0n) is 14.1. The number of phenolic OH excluding ortho intramolecular Hbond substituents is 2. The van der Waals surface area contributed by atoms with Gasteiger partial charge in [-0.3, -0.25) is 0 Å². The minimum Gasteiger partial charge on any atom is -0.508 e. The zero-order chi connectivity index (χ0) is 21.5. The molecule has 2 aromatic rings. The molecule has 2 aromatic carbocycles. The van der Waals surface area contributed by atoms with E-state index in [-0.39, 0.29) is 0 Å². The molecule has 0 fully saturated rings. The molecule has 0 amide bonds. The van der Waals surface area contributed by atoms with Crippen LogP contribution in [0.4, 0.5) is 35.1 Å². The summed E-state index contributed by atoms with van der Waals surface area (Å²) in [5, 5.41) is 18.5. The maximum Gasteiger partial charge on any atom is 0.379 e.